The average molecular weight is 481 g/mol. The van der Waals surface area contributed by atoms with Gasteiger partial charge in [-0.25, -0.2) is 13.1 Å². The minimum atomic E-state index is -4.14. The number of nitrogens with zero attached hydrogens (tertiary/aromatic N) is 1. The molecule has 7 nitrogen and oxygen atoms in total. The lowest BCUT2D eigenvalue weighted by Crippen LogP contribution is -2.39. The quantitative estimate of drug-likeness (QED) is 0.462. The average Bonchev–Trinajstić information content (AvgIpc) is 3.61. The number of hydrogen-bond donors (Lipinski definition) is 1. The van der Waals surface area contributed by atoms with E-state index in [-0.39, 0.29) is 17.4 Å². The molecule has 0 unspecified atom stereocenters. The van der Waals surface area contributed by atoms with Gasteiger partial charge >= 0.3 is 0 Å². The standard InChI is InChI=1S/C26H28N2O5S/c1-4-19(12-15-29)33-23-11-8-17(2)16-21(23)26(13-14-26)25(30)28-34(31,32)24-7-5-6-22-20(24)10-9-18(3)27-22/h5-11,15-16,19H,4,12-14H2,1-3H3,(H,28,30)/t19-/m0/s1. The molecule has 0 aliphatic heterocycles. The number of nitrogens with one attached hydrogen (secondary N) is 1. The van der Waals surface area contributed by atoms with E-state index in [1.165, 1.54) is 6.07 Å². The lowest BCUT2D eigenvalue weighted by atomic mass is 9.92. The smallest absolute Gasteiger partial charge is 0.264 e. The van der Waals surface area contributed by atoms with Crippen molar-refractivity contribution in [1.29, 1.82) is 0 Å². The summed E-state index contributed by atoms with van der Waals surface area (Å²) in [6, 6.07) is 13.8. The molecule has 178 valence electrons. The number of pyridine rings is 1. The van der Waals surface area contributed by atoms with Crippen LogP contribution < -0.4 is 9.46 Å². The molecule has 0 bridgehead atoms. The zero-order valence-corrected chi connectivity index (χ0v) is 20.3. The van der Waals surface area contributed by atoms with Gasteiger partial charge in [-0.1, -0.05) is 30.7 Å². The number of benzene rings is 2. The number of rotatable bonds is 9. The lowest BCUT2D eigenvalue weighted by Gasteiger charge is -2.23. The third kappa shape index (κ3) is 4.55. The first-order valence-corrected chi connectivity index (χ1v) is 12.8. The first kappa shape index (κ1) is 23.9. The van der Waals surface area contributed by atoms with Gasteiger partial charge in [0.25, 0.3) is 10.0 Å². The third-order valence-corrected chi connectivity index (χ3v) is 7.68. The molecule has 1 heterocycles. The highest BCUT2D eigenvalue weighted by Crippen LogP contribution is 2.52. The molecule has 1 aliphatic rings. The fraction of sp³-hybridized carbons (Fsp3) is 0.346. The van der Waals surface area contributed by atoms with Crippen LogP contribution in [0.4, 0.5) is 0 Å². The highest BCUT2D eigenvalue weighted by molar-refractivity contribution is 7.90. The largest absolute Gasteiger partial charge is 0.490 e. The van der Waals surface area contributed by atoms with Crippen LogP contribution in [0.1, 0.15) is 49.4 Å². The number of carbonyl (C=O) groups excluding carboxylic acids is 2. The second kappa shape index (κ2) is 9.18. The van der Waals surface area contributed by atoms with Gasteiger partial charge in [0.1, 0.15) is 18.1 Å². The van der Waals surface area contributed by atoms with E-state index in [0.717, 1.165) is 17.5 Å². The predicted octanol–water partition coefficient (Wildman–Crippen LogP) is 4.13. The zero-order valence-electron chi connectivity index (χ0n) is 19.5. The third-order valence-electron chi connectivity index (χ3n) is 6.29. The lowest BCUT2D eigenvalue weighted by molar-refractivity contribution is -0.121. The van der Waals surface area contributed by atoms with Crippen molar-refractivity contribution < 1.29 is 22.7 Å². The molecule has 1 saturated carbocycles. The minimum absolute atomic E-state index is 0.0133. The summed E-state index contributed by atoms with van der Waals surface area (Å²) in [7, 11) is -4.14. The molecule has 0 radical (unpaired) electrons. The van der Waals surface area contributed by atoms with Gasteiger partial charge in [0.2, 0.25) is 5.91 Å². The van der Waals surface area contributed by atoms with E-state index in [0.29, 0.717) is 41.5 Å². The molecule has 34 heavy (non-hydrogen) atoms. The number of fused-ring (bicyclic) bond motifs is 1. The molecule has 1 N–H and O–H groups in total. The Morgan fingerprint density at radius 2 is 1.94 bits per heavy atom. The minimum Gasteiger partial charge on any atom is -0.490 e. The number of aldehydes is 1. The second-order valence-electron chi connectivity index (χ2n) is 8.84. The number of amides is 1. The van der Waals surface area contributed by atoms with Gasteiger partial charge in [-0.15, -0.1) is 0 Å². The van der Waals surface area contributed by atoms with Gasteiger partial charge in [-0.3, -0.25) is 9.78 Å². The van der Waals surface area contributed by atoms with Gasteiger partial charge in [0.05, 0.1) is 15.8 Å². The number of aryl methyl sites for hydroxylation is 2. The summed E-state index contributed by atoms with van der Waals surface area (Å²) in [5.41, 5.74) is 1.91. The molecule has 4 rings (SSSR count). The van der Waals surface area contributed by atoms with Gasteiger partial charge in [0.15, 0.2) is 0 Å². The van der Waals surface area contributed by atoms with Gasteiger partial charge in [-0.2, -0.15) is 0 Å². The normalized spacial score (nSPS) is 15.5. The summed E-state index contributed by atoms with van der Waals surface area (Å²) in [6.45, 7) is 5.67. The Morgan fingerprint density at radius 3 is 2.62 bits per heavy atom. The highest BCUT2D eigenvalue weighted by atomic mass is 32.2. The van der Waals surface area contributed by atoms with Crippen LogP contribution in [0.2, 0.25) is 0 Å². The van der Waals surface area contributed by atoms with E-state index in [2.05, 4.69) is 9.71 Å². The molecule has 1 aromatic heterocycles. The molecular formula is C26H28N2O5S. The van der Waals surface area contributed by atoms with E-state index >= 15 is 0 Å². The molecule has 0 spiro atoms. The van der Waals surface area contributed by atoms with Gasteiger partial charge in [0, 0.05) is 23.1 Å². The Morgan fingerprint density at radius 1 is 1.18 bits per heavy atom. The first-order chi connectivity index (χ1) is 16.2. The van der Waals surface area contributed by atoms with Crippen molar-refractivity contribution in [3.63, 3.8) is 0 Å². The summed E-state index contributed by atoms with van der Waals surface area (Å²) in [6.07, 6.45) is 2.40. The molecule has 1 aliphatic carbocycles. The van der Waals surface area contributed by atoms with Crippen LogP contribution in [-0.2, 0) is 25.0 Å². The van der Waals surface area contributed by atoms with Crippen LogP contribution in [-0.4, -0.2) is 31.7 Å². The molecule has 3 aromatic rings. The van der Waals surface area contributed by atoms with Crippen molar-refractivity contribution in [2.75, 3.05) is 0 Å². The summed E-state index contributed by atoms with van der Waals surface area (Å²) in [5, 5.41) is 0.456. The van der Waals surface area contributed by atoms with Crippen LogP contribution in [0.15, 0.2) is 53.4 Å². The highest BCUT2D eigenvalue weighted by Gasteiger charge is 2.54. The molecule has 1 atom stereocenters. The Labute approximate surface area is 199 Å². The summed E-state index contributed by atoms with van der Waals surface area (Å²) in [4.78, 5) is 28.8. The molecule has 1 fully saturated rings. The molecule has 8 heteroatoms. The maximum absolute atomic E-state index is 13.4. The number of carbonyl (C=O) groups is 2. The van der Waals surface area contributed by atoms with Gasteiger partial charge in [-0.05, 0) is 63.4 Å². The van der Waals surface area contributed by atoms with Crippen LogP contribution in [0.3, 0.4) is 0 Å². The Bertz CT molecular complexity index is 1360. The van der Waals surface area contributed by atoms with E-state index in [1.54, 1.807) is 30.3 Å². The fourth-order valence-electron chi connectivity index (χ4n) is 4.19. The van der Waals surface area contributed by atoms with Crippen molar-refractivity contribution in [3.8, 4) is 5.75 Å². The maximum Gasteiger partial charge on any atom is 0.264 e. The second-order valence-corrected chi connectivity index (χ2v) is 10.5. The Balaban J connectivity index is 1.67. The van der Waals surface area contributed by atoms with Crippen molar-refractivity contribution in [3.05, 3.63) is 65.4 Å². The van der Waals surface area contributed by atoms with Crippen molar-refractivity contribution in [2.24, 2.45) is 0 Å². The van der Waals surface area contributed by atoms with Crippen LogP contribution in [0.5, 0.6) is 5.75 Å². The van der Waals surface area contributed by atoms with Crippen LogP contribution >= 0.6 is 0 Å². The number of hydrogen-bond acceptors (Lipinski definition) is 6. The number of sulfonamides is 1. The van der Waals surface area contributed by atoms with E-state index in [4.69, 9.17) is 4.74 Å². The Hall–Kier alpha value is -3.26. The van der Waals surface area contributed by atoms with E-state index < -0.39 is 21.3 Å². The molecule has 1 amide bonds. The fourth-order valence-corrected chi connectivity index (χ4v) is 5.46. The molecular weight excluding hydrogens is 452 g/mol. The first-order valence-electron chi connectivity index (χ1n) is 11.4. The van der Waals surface area contributed by atoms with Crippen molar-refractivity contribution in [2.45, 2.75) is 62.9 Å². The number of aromatic nitrogens is 1. The van der Waals surface area contributed by atoms with Crippen LogP contribution in [0, 0.1) is 13.8 Å². The Kier molecular flexibility index (Phi) is 6.45. The summed E-state index contributed by atoms with van der Waals surface area (Å²) in [5.74, 6) is -0.0716. The van der Waals surface area contributed by atoms with E-state index in [1.807, 2.05) is 32.9 Å². The summed E-state index contributed by atoms with van der Waals surface area (Å²) < 4.78 is 35.0. The summed E-state index contributed by atoms with van der Waals surface area (Å²) >= 11 is 0. The maximum atomic E-state index is 13.4. The van der Waals surface area contributed by atoms with Gasteiger partial charge < -0.3 is 9.53 Å². The number of ether oxygens (including phenoxy) is 1. The topological polar surface area (TPSA) is 102 Å². The monoisotopic (exact) mass is 480 g/mol. The van der Waals surface area contributed by atoms with E-state index in [9.17, 15) is 18.0 Å². The van der Waals surface area contributed by atoms with Crippen molar-refractivity contribution in [1.82, 2.24) is 9.71 Å². The predicted molar refractivity (Wildman–Crippen MR) is 129 cm³/mol. The molecule has 2 aromatic carbocycles. The van der Waals surface area contributed by atoms with Crippen molar-refractivity contribution >= 4 is 33.1 Å². The zero-order chi connectivity index (χ0) is 24.5. The SMILES string of the molecule is CC[C@@H](CC=O)Oc1ccc(C)cc1C1(C(=O)NS(=O)(=O)c2cccc3nc(C)ccc23)CC1. The van der Waals surface area contributed by atoms with Crippen LogP contribution in [0.25, 0.3) is 10.9 Å². The molecule has 0 saturated heterocycles.